The lowest BCUT2D eigenvalue weighted by Crippen LogP contribution is -2.41. The fourth-order valence-electron chi connectivity index (χ4n) is 0.991. The predicted octanol–water partition coefficient (Wildman–Crippen LogP) is 2.73. The highest BCUT2D eigenvalue weighted by Crippen LogP contribution is 2.24. The Morgan fingerprint density at radius 1 is 1.53 bits per heavy atom. The van der Waals surface area contributed by atoms with Gasteiger partial charge in [0.05, 0.1) is 21.1 Å². The topological polar surface area (TPSA) is 55.1 Å². The van der Waals surface area contributed by atoms with Gasteiger partial charge in [0.25, 0.3) is 0 Å². The van der Waals surface area contributed by atoms with E-state index in [9.17, 15) is 9.18 Å². The van der Waals surface area contributed by atoms with Crippen molar-refractivity contribution in [1.82, 2.24) is 0 Å². The fourth-order valence-corrected chi connectivity index (χ4v) is 1.26. The predicted molar refractivity (Wildman–Crippen MR) is 70.6 cm³/mol. The van der Waals surface area contributed by atoms with E-state index < -0.39 is 17.1 Å². The number of thiocarbonyl (C=S) groups is 1. The van der Waals surface area contributed by atoms with E-state index in [1.165, 1.54) is 18.2 Å². The van der Waals surface area contributed by atoms with Crippen LogP contribution in [0, 0.1) is 11.2 Å². The standard InChI is InChI=1S/C11H12ClFN2OS/c1-11(2,9(14)17)10(16)15-7-5-3-4-6(12)8(7)13/h3-5H,1-2H3,(H2,14,17)(H,15,16). The average molecular weight is 275 g/mol. The Morgan fingerprint density at radius 3 is 2.65 bits per heavy atom. The molecule has 0 aliphatic heterocycles. The lowest BCUT2D eigenvalue weighted by atomic mass is 9.92. The third kappa shape index (κ3) is 2.92. The highest BCUT2D eigenvalue weighted by molar-refractivity contribution is 7.80. The van der Waals surface area contributed by atoms with Gasteiger partial charge in [-0.1, -0.05) is 29.9 Å². The summed E-state index contributed by atoms with van der Waals surface area (Å²) in [6.45, 7) is 3.13. The molecule has 0 heterocycles. The highest BCUT2D eigenvalue weighted by atomic mass is 35.5. The van der Waals surface area contributed by atoms with E-state index in [1.54, 1.807) is 13.8 Å². The number of nitrogens with one attached hydrogen (secondary N) is 1. The smallest absolute Gasteiger partial charge is 0.236 e. The monoisotopic (exact) mass is 274 g/mol. The van der Waals surface area contributed by atoms with Gasteiger partial charge in [0, 0.05) is 0 Å². The van der Waals surface area contributed by atoms with Gasteiger partial charge in [0.1, 0.15) is 0 Å². The zero-order valence-corrected chi connectivity index (χ0v) is 11.0. The molecule has 0 aliphatic carbocycles. The SMILES string of the molecule is CC(C)(C(=O)Nc1cccc(Cl)c1F)C(N)=S. The summed E-state index contributed by atoms with van der Waals surface area (Å²) in [6, 6.07) is 4.34. The first kappa shape index (κ1) is 13.9. The van der Waals surface area contributed by atoms with Crippen LogP contribution in [0.4, 0.5) is 10.1 Å². The van der Waals surface area contributed by atoms with Crippen LogP contribution in [0.25, 0.3) is 0 Å². The van der Waals surface area contributed by atoms with Crippen molar-refractivity contribution >= 4 is 40.4 Å². The normalized spacial score (nSPS) is 11.1. The molecule has 0 unspecified atom stereocenters. The summed E-state index contributed by atoms with van der Waals surface area (Å²) in [4.78, 5) is 11.9. The Balaban J connectivity index is 2.97. The molecule has 0 atom stereocenters. The number of carbonyl (C=O) groups excluding carboxylic acids is 1. The van der Waals surface area contributed by atoms with Crippen LogP contribution in [-0.2, 0) is 4.79 Å². The molecule has 0 bridgehead atoms. The van der Waals surface area contributed by atoms with Crippen LogP contribution in [0.2, 0.25) is 5.02 Å². The minimum Gasteiger partial charge on any atom is -0.392 e. The second kappa shape index (κ2) is 4.98. The third-order valence-corrected chi connectivity index (χ3v) is 3.19. The number of anilines is 1. The molecule has 3 nitrogen and oxygen atoms in total. The number of hydrogen-bond acceptors (Lipinski definition) is 2. The van der Waals surface area contributed by atoms with Gasteiger partial charge in [0.15, 0.2) is 5.82 Å². The Labute approximate surface area is 109 Å². The maximum Gasteiger partial charge on any atom is 0.236 e. The van der Waals surface area contributed by atoms with E-state index in [0.29, 0.717) is 0 Å². The van der Waals surface area contributed by atoms with Crippen molar-refractivity contribution in [1.29, 1.82) is 0 Å². The van der Waals surface area contributed by atoms with Crippen LogP contribution < -0.4 is 11.1 Å². The summed E-state index contributed by atoms with van der Waals surface area (Å²) in [5.41, 5.74) is 4.40. The average Bonchev–Trinajstić information content (AvgIpc) is 2.24. The van der Waals surface area contributed by atoms with Crippen molar-refractivity contribution in [2.75, 3.05) is 5.32 Å². The van der Waals surface area contributed by atoms with Crippen LogP contribution in [0.1, 0.15) is 13.8 Å². The molecule has 0 radical (unpaired) electrons. The van der Waals surface area contributed by atoms with E-state index in [2.05, 4.69) is 5.32 Å². The molecule has 0 saturated heterocycles. The molecule has 0 aliphatic rings. The molecular weight excluding hydrogens is 263 g/mol. The van der Waals surface area contributed by atoms with Crippen molar-refractivity contribution < 1.29 is 9.18 Å². The highest BCUT2D eigenvalue weighted by Gasteiger charge is 2.31. The molecule has 1 aromatic carbocycles. The number of carbonyl (C=O) groups is 1. The second-order valence-corrected chi connectivity index (χ2v) is 4.89. The molecule has 6 heteroatoms. The minimum atomic E-state index is -1.05. The van der Waals surface area contributed by atoms with Crippen LogP contribution in [0.15, 0.2) is 18.2 Å². The van der Waals surface area contributed by atoms with Gasteiger partial charge in [-0.15, -0.1) is 0 Å². The van der Waals surface area contributed by atoms with E-state index in [4.69, 9.17) is 29.6 Å². The molecule has 0 saturated carbocycles. The molecule has 0 aromatic heterocycles. The Hall–Kier alpha value is -1.20. The number of rotatable bonds is 3. The van der Waals surface area contributed by atoms with Crippen LogP contribution in [0.5, 0.6) is 0 Å². The molecule has 3 N–H and O–H groups in total. The van der Waals surface area contributed by atoms with Crippen molar-refractivity contribution in [2.24, 2.45) is 11.1 Å². The maximum atomic E-state index is 13.5. The molecular formula is C11H12ClFN2OS. The Bertz CT molecular complexity index is 477. The summed E-state index contributed by atoms with van der Waals surface area (Å²) in [5.74, 6) is -1.16. The molecule has 17 heavy (non-hydrogen) atoms. The van der Waals surface area contributed by atoms with E-state index in [0.717, 1.165) is 0 Å². The van der Waals surface area contributed by atoms with Gasteiger partial charge in [0.2, 0.25) is 5.91 Å². The third-order valence-electron chi connectivity index (χ3n) is 2.38. The van der Waals surface area contributed by atoms with E-state index >= 15 is 0 Å². The quantitative estimate of drug-likeness (QED) is 0.834. The molecule has 0 fully saturated rings. The van der Waals surface area contributed by atoms with E-state index in [1.807, 2.05) is 0 Å². The summed E-state index contributed by atoms with van der Waals surface area (Å²) < 4.78 is 13.5. The Kier molecular flexibility index (Phi) is 4.06. The molecule has 1 rings (SSSR count). The number of halogens is 2. The van der Waals surface area contributed by atoms with Gasteiger partial charge < -0.3 is 11.1 Å². The van der Waals surface area contributed by atoms with Crippen molar-refractivity contribution in [3.63, 3.8) is 0 Å². The number of nitrogens with two attached hydrogens (primary N) is 1. The molecule has 1 amide bonds. The van der Waals surface area contributed by atoms with Gasteiger partial charge >= 0.3 is 0 Å². The first-order chi connectivity index (χ1) is 7.76. The minimum absolute atomic E-state index is 0.00632. The summed E-state index contributed by atoms with van der Waals surface area (Å²) >= 11 is 10.4. The number of hydrogen-bond donors (Lipinski definition) is 2. The fraction of sp³-hybridized carbons (Fsp3) is 0.273. The molecule has 1 aromatic rings. The maximum absolute atomic E-state index is 13.5. The van der Waals surface area contributed by atoms with Crippen LogP contribution >= 0.6 is 23.8 Å². The van der Waals surface area contributed by atoms with Gasteiger partial charge in [-0.3, -0.25) is 4.79 Å². The first-order valence-electron chi connectivity index (χ1n) is 4.82. The lowest BCUT2D eigenvalue weighted by molar-refractivity contribution is -0.121. The molecule has 0 spiro atoms. The van der Waals surface area contributed by atoms with Gasteiger partial charge in [-0.05, 0) is 26.0 Å². The van der Waals surface area contributed by atoms with Crippen LogP contribution in [-0.4, -0.2) is 10.9 Å². The van der Waals surface area contributed by atoms with E-state index in [-0.39, 0.29) is 15.7 Å². The zero-order chi connectivity index (χ0) is 13.2. The Morgan fingerprint density at radius 2 is 2.12 bits per heavy atom. The van der Waals surface area contributed by atoms with Crippen LogP contribution in [0.3, 0.4) is 0 Å². The zero-order valence-electron chi connectivity index (χ0n) is 9.38. The first-order valence-corrected chi connectivity index (χ1v) is 5.61. The summed E-state index contributed by atoms with van der Waals surface area (Å²) in [6.07, 6.45) is 0. The van der Waals surface area contributed by atoms with Crippen molar-refractivity contribution in [3.8, 4) is 0 Å². The van der Waals surface area contributed by atoms with Gasteiger partial charge in [-0.2, -0.15) is 0 Å². The molecule has 92 valence electrons. The number of benzene rings is 1. The van der Waals surface area contributed by atoms with Gasteiger partial charge in [-0.25, -0.2) is 4.39 Å². The summed E-state index contributed by atoms with van der Waals surface area (Å²) in [7, 11) is 0. The second-order valence-electron chi connectivity index (χ2n) is 4.04. The lowest BCUT2D eigenvalue weighted by Gasteiger charge is -2.22. The van der Waals surface area contributed by atoms with Crippen molar-refractivity contribution in [2.45, 2.75) is 13.8 Å². The summed E-state index contributed by atoms with van der Waals surface area (Å²) in [5, 5.41) is 2.35. The largest absolute Gasteiger partial charge is 0.392 e. The number of amides is 1. The van der Waals surface area contributed by atoms with Crippen molar-refractivity contribution in [3.05, 3.63) is 29.0 Å².